The molecule has 7 heteroatoms. The number of anilines is 1. The maximum atomic E-state index is 11.9. The Morgan fingerprint density at radius 1 is 1.32 bits per heavy atom. The average Bonchev–Trinajstić information content (AvgIpc) is 2.79. The summed E-state index contributed by atoms with van der Waals surface area (Å²) in [5, 5.41) is 6.95. The lowest BCUT2D eigenvalue weighted by atomic mass is 10.2. The fraction of sp³-hybridized carbons (Fsp3) is 0.278. The fourth-order valence-corrected chi connectivity index (χ4v) is 2.61. The van der Waals surface area contributed by atoms with Crippen molar-refractivity contribution in [2.24, 2.45) is 7.05 Å². The summed E-state index contributed by atoms with van der Waals surface area (Å²) in [5.41, 5.74) is 4.34. The Balaban J connectivity index is 1.87. The van der Waals surface area contributed by atoms with Crippen molar-refractivity contribution < 1.29 is 14.3 Å². The van der Waals surface area contributed by atoms with Crippen molar-refractivity contribution in [3.05, 3.63) is 51.3 Å². The van der Waals surface area contributed by atoms with Crippen molar-refractivity contribution in [2.75, 3.05) is 11.9 Å². The molecule has 0 radical (unpaired) electrons. The van der Waals surface area contributed by atoms with E-state index in [0.29, 0.717) is 5.69 Å². The summed E-state index contributed by atoms with van der Waals surface area (Å²) in [7, 11) is 1.84. The first-order chi connectivity index (χ1) is 11.8. The van der Waals surface area contributed by atoms with Gasteiger partial charge in [0.1, 0.15) is 0 Å². The minimum Gasteiger partial charge on any atom is -0.452 e. The second-order valence-corrected chi connectivity index (χ2v) is 6.52. The molecule has 132 valence electrons. The van der Waals surface area contributed by atoms with E-state index < -0.39 is 11.9 Å². The number of hydrogen-bond acceptors (Lipinski definition) is 4. The highest BCUT2D eigenvalue weighted by molar-refractivity contribution is 9.10. The number of benzene rings is 1. The van der Waals surface area contributed by atoms with E-state index in [2.05, 4.69) is 26.3 Å². The molecule has 1 aromatic heterocycles. The molecule has 0 aliphatic rings. The van der Waals surface area contributed by atoms with Gasteiger partial charge >= 0.3 is 5.97 Å². The summed E-state index contributed by atoms with van der Waals surface area (Å²) in [5.74, 6) is -0.978. The number of aromatic nitrogens is 2. The SMILES string of the molecule is Cc1ccc(NC(=O)COC(=O)/C=C/c2c(C)nn(C)c2C)cc1Br. The van der Waals surface area contributed by atoms with Gasteiger partial charge in [0.05, 0.1) is 5.69 Å². The highest BCUT2D eigenvalue weighted by Gasteiger charge is 2.09. The molecule has 1 N–H and O–H groups in total. The maximum Gasteiger partial charge on any atom is 0.331 e. The molecule has 1 heterocycles. The van der Waals surface area contributed by atoms with E-state index in [1.807, 2.05) is 33.9 Å². The van der Waals surface area contributed by atoms with Crippen molar-refractivity contribution >= 4 is 39.6 Å². The van der Waals surface area contributed by atoms with Gasteiger partial charge in [0.2, 0.25) is 0 Å². The number of rotatable bonds is 5. The van der Waals surface area contributed by atoms with Crippen LogP contribution in [0.2, 0.25) is 0 Å². The van der Waals surface area contributed by atoms with Crippen LogP contribution in [0.1, 0.15) is 22.5 Å². The molecule has 0 saturated heterocycles. The predicted octanol–water partition coefficient (Wildman–Crippen LogP) is 3.30. The largest absolute Gasteiger partial charge is 0.452 e. The molecule has 0 bridgehead atoms. The summed E-state index contributed by atoms with van der Waals surface area (Å²) >= 11 is 3.40. The Morgan fingerprint density at radius 3 is 2.64 bits per heavy atom. The number of carbonyl (C=O) groups excluding carboxylic acids is 2. The molecular formula is C18H20BrN3O3. The minimum atomic E-state index is -0.581. The summed E-state index contributed by atoms with van der Waals surface area (Å²) in [6.07, 6.45) is 2.95. The first kappa shape index (κ1) is 18.9. The van der Waals surface area contributed by atoms with E-state index in [4.69, 9.17) is 4.74 Å². The van der Waals surface area contributed by atoms with E-state index in [1.165, 1.54) is 6.08 Å². The molecule has 25 heavy (non-hydrogen) atoms. The van der Waals surface area contributed by atoms with E-state index in [9.17, 15) is 9.59 Å². The predicted molar refractivity (Wildman–Crippen MR) is 100 cm³/mol. The molecule has 1 amide bonds. The summed E-state index contributed by atoms with van der Waals surface area (Å²) in [6, 6.07) is 5.46. The van der Waals surface area contributed by atoms with E-state index in [-0.39, 0.29) is 6.61 Å². The van der Waals surface area contributed by atoms with Crippen molar-refractivity contribution in [1.29, 1.82) is 0 Å². The second kappa shape index (κ2) is 8.11. The monoisotopic (exact) mass is 405 g/mol. The number of aryl methyl sites for hydroxylation is 3. The number of esters is 1. The molecule has 2 rings (SSSR count). The van der Waals surface area contributed by atoms with Crippen LogP contribution in [0.25, 0.3) is 6.08 Å². The molecule has 0 aliphatic heterocycles. The minimum absolute atomic E-state index is 0.348. The Kier molecular flexibility index (Phi) is 6.14. The molecule has 0 unspecified atom stereocenters. The van der Waals surface area contributed by atoms with Crippen LogP contribution in [-0.4, -0.2) is 28.3 Å². The number of halogens is 1. The Hall–Kier alpha value is -2.41. The summed E-state index contributed by atoms with van der Waals surface area (Å²) in [4.78, 5) is 23.6. The lowest BCUT2D eigenvalue weighted by Gasteiger charge is -2.07. The zero-order chi connectivity index (χ0) is 18.6. The average molecular weight is 406 g/mol. The fourth-order valence-electron chi connectivity index (χ4n) is 2.24. The van der Waals surface area contributed by atoms with Gasteiger partial charge in [-0.15, -0.1) is 0 Å². The second-order valence-electron chi connectivity index (χ2n) is 5.66. The molecule has 0 aliphatic carbocycles. The van der Waals surface area contributed by atoms with Crippen LogP contribution in [0.4, 0.5) is 5.69 Å². The lowest BCUT2D eigenvalue weighted by molar-refractivity contribution is -0.142. The van der Waals surface area contributed by atoms with Gasteiger partial charge in [-0.3, -0.25) is 9.48 Å². The van der Waals surface area contributed by atoms with Gasteiger partial charge in [0.25, 0.3) is 5.91 Å². The van der Waals surface area contributed by atoms with E-state index in [1.54, 1.807) is 22.9 Å². The summed E-state index contributed by atoms with van der Waals surface area (Å²) < 4.78 is 7.60. The third kappa shape index (κ3) is 5.03. The molecule has 0 fully saturated rings. The van der Waals surface area contributed by atoms with E-state index >= 15 is 0 Å². The van der Waals surface area contributed by atoms with Crippen LogP contribution in [-0.2, 0) is 21.4 Å². The number of carbonyl (C=O) groups is 2. The van der Waals surface area contributed by atoms with Crippen molar-refractivity contribution in [1.82, 2.24) is 9.78 Å². The van der Waals surface area contributed by atoms with Gasteiger partial charge < -0.3 is 10.1 Å². The Bertz CT molecular complexity index is 840. The standard InChI is InChI=1S/C18H20BrN3O3/c1-11-5-6-14(9-16(11)19)20-17(23)10-25-18(24)8-7-15-12(2)21-22(4)13(15)3/h5-9H,10H2,1-4H3,(H,20,23)/b8-7+. The third-order valence-corrected chi connectivity index (χ3v) is 4.61. The topological polar surface area (TPSA) is 73.2 Å². The lowest BCUT2D eigenvalue weighted by Crippen LogP contribution is -2.20. The summed E-state index contributed by atoms with van der Waals surface area (Å²) in [6.45, 7) is 5.39. The third-order valence-electron chi connectivity index (χ3n) is 3.75. The van der Waals surface area contributed by atoms with Crippen LogP contribution >= 0.6 is 15.9 Å². The van der Waals surface area contributed by atoms with Gasteiger partial charge in [0.15, 0.2) is 6.61 Å². The highest BCUT2D eigenvalue weighted by Crippen LogP contribution is 2.20. The highest BCUT2D eigenvalue weighted by atomic mass is 79.9. The van der Waals surface area contributed by atoms with Crippen LogP contribution in [0.3, 0.4) is 0 Å². The maximum absolute atomic E-state index is 11.9. The smallest absolute Gasteiger partial charge is 0.331 e. The van der Waals surface area contributed by atoms with Gasteiger partial charge in [-0.1, -0.05) is 22.0 Å². The molecule has 1 aromatic carbocycles. The number of amides is 1. The van der Waals surface area contributed by atoms with Gasteiger partial charge in [0, 0.05) is 34.5 Å². The quantitative estimate of drug-likeness (QED) is 0.611. The van der Waals surface area contributed by atoms with Gasteiger partial charge in [-0.25, -0.2) is 4.79 Å². The zero-order valence-corrected chi connectivity index (χ0v) is 16.2. The number of ether oxygens (including phenoxy) is 1. The Labute approximate surface area is 155 Å². The first-order valence-corrected chi connectivity index (χ1v) is 8.48. The number of hydrogen-bond donors (Lipinski definition) is 1. The molecule has 0 spiro atoms. The molecular weight excluding hydrogens is 386 g/mol. The zero-order valence-electron chi connectivity index (χ0n) is 14.6. The van der Waals surface area contributed by atoms with E-state index in [0.717, 1.165) is 27.0 Å². The van der Waals surface area contributed by atoms with Gasteiger partial charge in [-0.2, -0.15) is 5.10 Å². The van der Waals surface area contributed by atoms with Crippen LogP contribution in [0.15, 0.2) is 28.7 Å². The Morgan fingerprint density at radius 2 is 2.04 bits per heavy atom. The van der Waals surface area contributed by atoms with Crippen LogP contribution < -0.4 is 5.32 Å². The molecule has 0 saturated carbocycles. The molecule has 0 atom stereocenters. The number of nitrogens with zero attached hydrogens (tertiary/aromatic N) is 2. The van der Waals surface area contributed by atoms with Crippen molar-refractivity contribution in [2.45, 2.75) is 20.8 Å². The van der Waals surface area contributed by atoms with Crippen molar-refractivity contribution in [3.63, 3.8) is 0 Å². The van der Waals surface area contributed by atoms with Crippen molar-refractivity contribution in [3.8, 4) is 0 Å². The first-order valence-electron chi connectivity index (χ1n) is 7.69. The molecule has 6 nitrogen and oxygen atoms in total. The van der Waals surface area contributed by atoms with Gasteiger partial charge in [-0.05, 0) is 44.5 Å². The normalized spacial score (nSPS) is 10.9. The van der Waals surface area contributed by atoms with Crippen LogP contribution in [0, 0.1) is 20.8 Å². The molecule has 2 aromatic rings. The van der Waals surface area contributed by atoms with Crippen LogP contribution in [0.5, 0.6) is 0 Å². The number of nitrogens with one attached hydrogen (secondary N) is 1.